The first-order valence-electron chi connectivity index (χ1n) is 9.61. The Hall–Kier alpha value is -2.71. The van der Waals surface area contributed by atoms with Gasteiger partial charge in [-0.05, 0) is 72.2 Å². The first kappa shape index (κ1) is 20.6. The Bertz CT molecular complexity index is 1110. The highest BCUT2D eigenvalue weighted by atomic mass is 32.2. The van der Waals surface area contributed by atoms with Crippen LogP contribution in [0.5, 0.6) is 0 Å². The molecule has 1 aliphatic rings. The van der Waals surface area contributed by atoms with Gasteiger partial charge in [0.15, 0.2) is 0 Å². The van der Waals surface area contributed by atoms with Crippen molar-refractivity contribution in [3.63, 3.8) is 0 Å². The average molecular weight is 445 g/mol. The largest absolute Gasteiger partial charge is 0.334 e. The van der Waals surface area contributed by atoms with Crippen molar-refractivity contribution in [2.24, 2.45) is 5.92 Å². The number of nitrogens with zero attached hydrogens (tertiary/aromatic N) is 1. The van der Waals surface area contributed by atoms with Crippen LogP contribution in [0.25, 0.3) is 0 Å². The number of anilines is 1. The quantitative estimate of drug-likeness (QED) is 0.546. The maximum atomic E-state index is 13.2. The van der Waals surface area contributed by atoms with Gasteiger partial charge in [-0.1, -0.05) is 18.2 Å². The van der Waals surface area contributed by atoms with Crippen molar-refractivity contribution >= 4 is 33.0 Å². The van der Waals surface area contributed by atoms with Gasteiger partial charge in [0.05, 0.1) is 0 Å². The Morgan fingerprint density at radius 2 is 1.77 bits per heavy atom. The van der Waals surface area contributed by atoms with E-state index < -0.39 is 10.0 Å². The molecule has 5 nitrogen and oxygen atoms in total. The summed E-state index contributed by atoms with van der Waals surface area (Å²) in [4.78, 5) is 14.9. The minimum absolute atomic E-state index is 0.126. The summed E-state index contributed by atoms with van der Waals surface area (Å²) in [6.07, 6.45) is 2.22. The number of hydrogen-bond acceptors (Lipinski definition) is 4. The zero-order chi connectivity index (χ0) is 21.1. The van der Waals surface area contributed by atoms with Gasteiger partial charge < -0.3 is 4.90 Å². The van der Waals surface area contributed by atoms with E-state index in [0.29, 0.717) is 30.3 Å². The lowest BCUT2D eigenvalue weighted by Crippen LogP contribution is -2.32. The lowest BCUT2D eigenvalue weighted by molar-refractivity contribution is 0.0735. The summed E-state index contributed by atoms with van der Waals surface area (Å²) in [5.74, 6) is 0.0737. The van der Waals surface area contributed by atoms with Crippen molar-refractivity contribution in [1.82, 2.24) is 4.90 Å². The molecule has 0 spiro atoms. The molecule has 1 heterocycles. The van der Waals surface area contributed by atoms with E-state index in [-0.39, 0.29) is 15.9 Å². The van der Waals surface area contributed by atoms with E-state index in [9.17, 15) is 17.6 Å². The summed E-state index contributed by atoms with van der Waals surface area (Å²) in [5, 5.41) is 1.70. The fourth-order valence-electron chi connectivity index (χ4n) is 3.13. The second kappa shape index (κ2) is 8.57. The van der Waals surface area contributed by atoms with Gasteiger partial charge in [0, 0.05) is 24.3 Å². The van der Waals surface area contributed by atoms with Gasteiger partial charge in [-0.15, -0.1) is 11.3 Å². The molecule has 0 radical (unpaired) electrons. The van der Waals surface area contributed by atoms with Gasteiger partial charge in [0.25, 0.3) is 15.9 Å². The van der Waals surface area contributed by atoms with E-state index >= 15 is 0 Å². The van der Waals surface area contributed by atoms with Gasteiger partial charge in [0.1, 0.15) is 10.0 Å². The van der Waals surface area contributed by atoms with Crippen LogP contribution in [-0.4, -0.2) is 25.8 Å². The molecule has 0 aliphatic heterocycles. The second-order valence-corrected chi connectivity index (χ2v) is 10.2. The number of sulfonamides is 1. The van der Waals surface area contributed by atoms with E-state index in [1.54, 1.807) is 52.7 Å². The molecule has 1 saturated carbocycles. The third-order valence-electron chi connectivity index (χ3n) is 4.89. The summed E-state index contributed by atoms with van der Waals surface area (Å²) < 4.78 is 40.6. The van der Waals surface area contributed by atoms with Gasteiger partial charge >= 0.3 is 0 Å². The van der Waals surface area contributed by atoms with Crippen LogP contribution in [0.4, 0.5) is 10.1 Å². The minimum atomic E-state index is -3.63. The predicted octanol–water partition coefficient (Wildman–Crippen LogP) is 4.74. The van der Waals surface area contributed by atoms with Crippen molar-refractivity contribution in [2.45, 2.75) is 23.6 Å². The van der Waals surface area contributed by atoms with Crippen LogP contribution >= 0.6 is 11.3 Å². The predicted molar refractivity (Wildman–Crippen MR) is 115 cm³/mol. The van der Waals surface area contributed by atoms with Gasteiger partial charge in [-0.3, -0.25) is 9.52 Å². The molecule has 1 fully saturated rings. The van der Waals surface area contributed by atoms with Crippen molar-refractivity contribution in [2.75, 3.05) is 11.3 Å². The van der Waals surface area contributed by atoms with Crippen molar-refractivity contribution < 1.29 is 17.6 Å². The fraction of sp³-hybridized carbons (Fsp3) is 0.227. The number of rotatable bonds is 8. The molecular weight excluding hydrogens is 423 g/mol. The molecule has 0 unspecified atom stereocenters. The Kier molecular flexibility index (Phi) is 5.87. The number of nitrogens with one attached hydrogen (secondary N) is 1. The SMILES string of the molecule is O=C(c1ccc(NS(=O)(=O)c2cccs2)cc1)N(Cc1ccc(F)cc1)CC1CC1. The number of amides is 1. The average Bonchev–Trinajstić information content (AvgIpc) is 3.36. The number of carbonyl (C=O) groups excluding carboxylic acids is 1. The van der Waals surface area contributed by atoms with E-state index in [0.717, 1.165) is 29.7 Å². The molecule has 0 bridgehead atoms. The fourth-order valence-corrected chi connectivity index (χ4v) is 5.18. The number of carbonyl (C=O) groups is 1. The molecule has 3 aromatic rings. The van der Waals surface area contributed by atoms with Crippen LogP contribution in [0.3, 0.4) is 0 Å². The molecule has 1 aliphatic carbocycles. The summed E-state index contributed by atoms with van der Waals surface area (Å²) in [6, 6.07) is 15.8. The molecule has 0 saturated heterocycles. The topological polar surface area (TPSA) is 66.5 Å². The van der Waals surface area contributed by atoms with Crippen LogP contribution in [0.1, 0.15) is 28.8 Å². The molecular formula is C22H21FN2O3S2. The summed E-state index contributed by atoms with van der Waals surface area (Å²) in [7, 11) is -3.63. The molecule has 1 N–H and O–H groups in total. The Morgan fingerprint density at radius 3 is 2.37 bits per heavy atom. The lowest BCUT2D eigenvalue weighted by atomic mass is 10.1. The van der Waals surface area contributed by atoms with Crippen molar-refractivity contribution in [3.05, 3.63) is 83.0 Å². The van der Waals surface area contributed by atoms with Crippen LogP contribution in [-0.2, 0) is 16.6 Å². The van der Waals surface area contributed by atoms with E-state index in [2.05, 4.69) is 4.72 Å². The maximum Gasteiger partial charge on any atom is 0.271 e. The molecule has 8 heteroatoms. The zero-order valence-electron chi connectivity index (χ0n) is 16.1. The Balaban J connectivity index is 1.48. The number of hydrogen-bond donors (Lipinski definition) is 1. The third kappa shape index (κ3) is 5.06. The normalized spacial score (nSPS) is 13.8. The lowest BCUT2D eigenvalue weighted by Gasteiger charge is -2.23. The molecule has 4 rings (SSSR count). The summed E-state index contributed by atoms with van der Waals surface area (Å²) >= 11 is 1.14. The third-order valence-corrected chi connectivity index (χ3v) is 7.67. The van der Waals surface area contributed by atoms with E-state index in [1.165, 1.54) is 18.2 Å². The zero-order valence-corrected chi connectivity index (χ0v) is 17.8. The Morgan fingerprint density at radius 1 is 1.07 bits per heavy atom. The summed E-state index contributed by atoms with van der Waals surface area (Å²) in [6.45, 7) is 1.06. The molecule has 30 heavy (non-hydrogen) atoms. The Labute approximate surface area is 179 Å². The highest BCUT2D eigenvalue weighted by Crippen LogP contribution is 2.31. The number of thiophene rings is 1. The van der Waals surface area contributed by atoms with Crippen LogP contribution in [0.2, 0.25) is 0 Å². The number of benzene rings is 2. The van der Waals surface area contributed by atoms with Crippen LogP contribution in [0.15, 0.2) is 70.3 Å². The van der Waals surface area contributed by atoms with Crippen LogP contribution < -0.4 is 4.72 Å². The van der Waals surface area contributed by atoms with Gasteiger partial charge in [-0.2, -0.15) is 0 Å². The summed E-state index contributed by atoms with van der Waals surface area (Å²) in [5.41, 5.74) is 1.75. The standard InChI is InChI=1S/C22H21FN2O3S2/c23-19-9-5-17(6-10-19)15-25(14-16-3-4-16)22(26)18-7-11-20(12-8-18)24-30(27,28)21-2-1-13-29-21/h1-2,5-13,16,24H,3-4,14-15H2. The highest BCUT2D eigenvalue weighted by molar-refractivity contribution is 7.94. The van der Waals surface area contributed by atoms with Crippen molar-refractivity contribution in [3.8, 4) is 0 Å². The van der Waals surface area contributed by atoms with Gasteiger partial charge in [-0.25, -0.2) is 12.8 Å². The monoisotopic (exact) mass is 444 g/mol. The molecule has 2 aromatic carbocycles. The molecule has 1 amide bonds. The first-order chi connectivity index (χ1) is 14.4. The van der Waals surface area contributed by atoms with Crippen LogP contribution in [0, 0.1) is 11.7 Å². The van der Waals surface area contributed by atoms with E-state index in [4.69, 9.17) is 0 Å². The second-order valence-electron chi connectivity index (χ2n) is 7.37. The van der Waals surface area contributed by atoms with Crippen molar-refractivity contribution in [1.29, 1.82) is 0 Å². The van der Waals surface area contributed by atoms with E-state index in [1.807, 2.05) is 0 Å². The first-order valence-corrected chi connectivity index (χ1v) is 12.0. The maximum absolute atomic E-state index is 13.2. The highest BCUT2D eigenvalue weighted by Gasteiger charge is 2.27. The molecule has 0 atom stereocenters. The molecule has 1 aromatic heterocycles. The smallest absolute Gasteiger partial charge is 0.271 e. The number of halogens is 1. The van der Waals surface area contributed by atoms with Gasteiger partial charge in [0.2, 0.25) is 0 Å². The minimum Gasteiger partial charge on any atom is -0.334 e. The molecule has 156 valence electrons.